The summed E-state index contributed by atoms with van der Waals surface area (Å²) in [6.07, 6.45) is 7.97. The second-order valence-corrected chi connectivity index (χ2v) is 10.3. The molecule has 4 saturated carbocycles. The van der Waals surface area contributed by atoms with Crippen LogP contribution in [0.3, 0.4) is 0 Å². The number of carbonyl (C=O) groups is 2. The lowest BCUT2D eigenvalue weighted by Crippen LogP contribution is -2.61. The number of benzene rings is 1. The number of nitrogens with one attached hydrogen (secondary N) is 1. The average Bonchev–Trinajstić information content (AvgIpc) is 3.00. The van der Waals surface area contributed by atoms with Crippen LogP contribution in [0.2, 0.25) is 0 Å². The quantitative estimate of drug-likeness (QED) is 0.775. The monoisotopic (exact) mass is 409 g/mol. The molecule has 0 radical (unpaired) electrons. The molecule has 6 aliphatic rings. The lowest BCUT2D eigenvalue weighted by atomic mass is 9.53. The van der Waals surface area contributed by atoms with Gasteiger partial charge in [0.2, 0.25) is 5.91 Å². The van der Waals surface area contributed by atoms with E-state index in [0.717, 1.165) is 49.7 Å². The molecular weight excluding hydrogens is 378 g/mol. The number of rotatable bonds is 4. The zero-order valence-electron chi connectivity index (χ0n) is 17.5. The molecule has 2 saturated heterocycles. The van der Waals surface area contributed by atoms with Crippen molar-refractivity contribution in [1.29, 1.82) is 0 Å². The van der Waals surface area contributed by atoms with Gasteiger partial charge in [0, 0.05) is 24.3 Å². The van der Waals surface area contributed by atoms with Gasteiger partial charge in [0.15, 0.2) is 0 Å². The number of morpholine rings is 1. The second-order valence-electron chi connectivity index (χ2n) is 10.3. The molecule has 6 nitrogen and oxygen atoms in total. The average molecular weight is 410 g/mol. The van der Waals surface area contributed by atoms with Crippen LogP contribution in [0.1, 0.15) is 44.9 Å². The molecule has 1 aromatic rings. The van der Waals surface area contributed by atoms with Crippen LogP contribution >= 0.6 is 0 Å². The minimum absolute atomic E-state index is 0.0742. The maximum atomic E-state index is 13.2. The van der Waals surface area contributed by atoms with E-state index in [0.29, 0.717) is 5.69 Å². The maximum Gasteiger partial charge on any atom is 0.251 e. The molecule has 1 aromatic carbocycles. The van der Waals surface area contributed by atoms with E-state index in [2.05, 4.69) is 10.2 Å². The van der Waals surface area contributed by atoms with Gasteiger partial charge in [0.1, 0.15) is 0 Å². The van der Waals surface area contributed by atoms with E-state index < -0.39 is 0 Å². The molecule has 0 aromatic heterocycles. The van der Waals surface area contributed by atoms with Crippen LogP contribution in [0, 0.1) is 17.8 Å². The maximum absolute atomic E-state index is 13.2. The van der Waals surface area contributed by atoms with Crippen molar-refractivity contribution in [3.8, 4) is 0 Å². The fourth-order valence-electron chi connectivity index (χ4n) is 7.31. The predicted octanol–water partition coefficient (Wildman–Crippen LogP) is 2.71. The Morgan fingerprint density at radius 2 is 1.43 bits per heavy atom. The van der Waals surface area contributed by atoms with Crippen molar-refractivity contribution >= 4 is 23.2 Å². The van der Waals surface area contributed by atoms with Gasteiger partial charge in [0.05, 0.1) is 31.4 Å². The number of carbonyl (C=O) groups excluding carboxylic acids is 2. The summed E-state index contributed by atoms with van der Waals surface area (Å²) in [4.78, 5) is 29.7. The Kier molecular flexibility index (Phi) is 4.43. The standard InChI is InChI=1S/C24H31N3O3/c28-22-12-21(25-24-13-16-9-17(14-24)11-18(10-16)15-24)23(29)27(22)20-3-1-19(2-4-20)26-5-7-30-8-6-26/h1-4,16-18,21,25H,5-15H2/t16?,17?,18?,21-,24?/m0/s1. The Morgan fingerprint density at radius 1 is 0.867 bits per heavy atom. The first-order valence-electron chi connectivity index (χ1n) is 11.7. The van der Waals surface area contributed by atoms with Gasteiger partial charge in [-0.25, -0.2) is 4.90 Å². The van der Waals surface area contributed by atoms with Gasteiger partial charge in [-0.15, -0.1) is 0 Å². The summed E-state index contributed by atoms with van der Waals surface area (Å²) >= 11 is 0. The van der Waals surface area contributed by atoms with Crippen LogP contribution in [-0.2, 0) is 14.3 Å². The van der Waals surface area contributed by atoms with Crippen LogP contribution in [0.5, 0.6) is 0 Å². The molecule has 6 heteroatoms. The fourth-order valence-corrected chi connectivity index (χ4v) is 7.31. The molecule has 4 bridgehead atoms. The lowest BCUT2D eigenvalue weighted by molar-refractivity contribution is -0.122. The number of ether oxygens (including phenoxy) is 1. The van der Waals surface area contributed by atoms with Gasteiger partial charge in [-0.05, 0) is 80.5 Å². The van der Waals surface area contributed by atoms with Gasteiger partial charge >= 0.3 is 0 Å². The summed E-state index contributed by atoms with van der Waals surface area (Å²) in [5.74, 6) is 2.30. The highest BCUT2D eigenvalue weighted by atomic mass is 16.5. The van der Waals surface area contributed by atoms with E-state index in [9.17, 15) is 9.59 Å². The molecule has 6 fully saturated rings. The first-order chi connectivity index (χ1) is 14.6. The van der Waals surface area contributed by atoms with E-state index in [1.165, 1.54) is 43.4 Å². The molecule has 30 heavy (non-hydrogen) atoms. The summed E-state index contributed by atoms with van der Waals surface area (Å²) in [6.45, 7) is 3.22. The smallest absolute Gasteiger partial charge is 0.251 e. The van der Waals surface area contributed by atoms with Gasteiger partial charge in [-0.3, -0.25) is 14.9 Å². The predicted molar refractivity (Wildman–Crippen MR) is 114 cm³/mol. The number of amides is 2. The van der Waals surface area contributed by atoms with Gasteiger partial charge < -0.3 is 9.64 Å². The van der Waals surface area contributed by atoms with Crippen molar-refractivity contribution in [3.05, 3.63) is 24.3 Å². The van der Waals surface area contributed by atoms with Crippen molar-refractivity contribution < 1.29 is 14.3 Å². The molecule has 1 atom stereocenters. The molecular formula is C24H31N3O3. The summed E-state index contributed by atoms with van der Waals surface area (Å²) < 4.78 is 5.42. The molecule has 0 unspecified atom stereocenters. The molecule has 1 N–H and O–H groups in total. The Labute approximate surface area is 177 Å². The van der Waals surface area contributed by atoms with Gasteiger partial charge in [-0.1, -0.05) is 0 Å². The Morgan fingerprint density at radius 3 is 2.03 bits per heavy atom. The van der Waals surface area contributed by atoms with Gasteiger partial charge in [0.25, 0.3) is 5.91 Å². The molecule has 2 aliphatic heterocycles. The first kappa shape index (κ1) is 18.8. The minimum atomic E-state index is -0.368. The van der Waals surface area contributed by atoms with E-state index in [1.54, 1.807) is 0 Å². The van der Waals surface area contributed by atoms with Crippen LogP contribution in [0.25, 0.3) is 0 Å². The van der Waals surface area contributed by atoms with Crippen molar-refractivity contribution in [2.75, 3.05) is 36.1 Å². The van der Waals surface area contributed by atoms with Crippen LogP contribution in [0.4, 0.5) is 11.4 Å². The minimum Gasteiger partial charge on any atom is -0.378 e. The summed E-state index contributed by atoms with van der Waals surface area (Å²) in [7, 11) is 0. The summed E-state index contributed by atoms with van der Waals surface area (Å²) in [5.41, 5.74) is 1.90. The number of hydrogen-bond donors (Lipinski definition) is 1. The number of hydrogen-bond acceptors (Lipinski definition) is 5. The highest BCUT2D eigenvalue weighted by Crippen LogP contribution is 2.56. The van der Waals surface area contributed by atoms with Crippen molar-refractivity contribution in [2.45, 2.75) is 56.5 Å². The molecule has 2 amide bonds. The van der Waals surface area contributed by atoms with Crippen LogP contribution in [0.15, 0.2) is 24.3 Å². The SMILES string of the molecule is O=C1C[C@H](NC23CC4CC(CC(C4)C2)C3)C(=O)N1c1ccc(N2CCOCC2)cc1. The normalized spacial score (nSPS) is 38.0. The molecule has 0 spiro atoms. The third kappa shape index (κ3) is 3.16. The highest BCUT2D eigenvalue weighted by Gasteiger charge is 2.53. The van der Waals surface area contributed by atoms with E-state index in [1.807, 2.05) is 24.3 Å². The summed E-state index contributed by atoms with van der Waals surface area (Å²) in [5, 5.41) is 3.73. The summed E-state index contributed by atoms with van der Waals surface area (Å²) in [6, 6.07) is 7.48. The Hall–Kier alpha value is -1.92. The van der Waals surface area contributed by atoms with E-state index in [-0.39, 0.29) is 29.8 Å². The molecule has 160 valence electrons. The second kappa shape index (κ2) is 7.06. The lowest BCUT2D eigenvalue weighted by Gasteiger charge is -2.57. The Balaban J connectivity index is 1.17. The zero-order chi connectivity index (χ0) is 20.3. The number of anilines is 2. The third-order valence-electron chi connectivity index (χ3n) is 8.15. The van der Waals surface area contributed by atoms with Crippen molar-refractivity contribution in [2.24, 2.45) is 17.8 Å². The van der Waals surface area contributed by atoms with Crippen molar-refractivity contribution in [3.63, 3.8) is 0 Å². The first-order valence-corrected chi connectivity index (χ1v) is 11.7. The van der Waals surface area contributed by atoms with E-state index >= 15 is 0 Å². The fraction of sp³-hybridized carbons (Fsp3) is 0.667. The highest BCUT2D eigenvalue weighted by molar-refractivity contribution is 6.22. The van der Waals surface area contributed by atoms with Crippen LogP contribution in [-0.4, -0.2) is 49.7 Å². The van der Waals surface area contributed by atoms with Crippen molar-refractivity contribution in [1.82, 2.24) is 5.32 Å². The van der Waals surface area contributed by atoms with E-state index in [4.69, 9.17) is 4.74 Å². The van der Waals surface area contributed by atoms with Crippen LogP contribution < -0.4 is 15.1 Å². The zero-order valence-corrected chi connectivity index (χ0v) is 17.5. The molecule has 4 aliphatic carbocycles. The largest absolute Gasteiger partial charge is 0.378 e. The molecule has 2 heterocycles. The third-order valence-corrected chi connectivity index (χ3v) is 8.15. The number of imide groups is 1. The topological polar surface area (TPSA) is 61.9 Å². The molecule has 7 rings (SSSR count). The Bertz CT molecular complexity index is 810. The number of nitrogens with zero attached hydrogens (tertiary/aromatic N) is 2. The van der Waals surface area contributed by atoms with Gasteiger partial charge in [-0.2, -0.15) is 0 Å².